The summed E-state index contributed by atoms with van der Waals surface area (Å²) < 4.78 is 40.9. The summed E-state index contributed by atoms with van der Waals surface area (Å²) in [4.78, 5) is 17.3. The number of anilines is 2. The Morgan fingerprint density at radius 2 is 1.61 bits per heavy atom. The van der Waals surface area contributed by atoms with E-state index in [1.54, 1.807) is 36.4 Å². The van der Waals surface area contributed by atoms with Gasteiger partial charge in [-0.25, -0.2) is 13.2 Å². The Kier molecular flexibility index (Phi) is 6.28. The van der Waals surface area contributed by atoms with Gasteiger partial charge in [-0.05, 0) is 61.0 Å². The molecule has 1 spiro atoms. The highest BCUT2D eigenvalue weighted by Gasteiger charge is 2.55. The summed E-state index contributed by atoms with van der Waals surface area (Å²) in [5.41, 5.74) is 1.87. The molecule has 188 valence electrons. The zero-order valence-electron chi connectivity index (χ0n) is 19.9. The van der Waals surface area contributed by atoms with Crippen molar-refractivity contribution in [2.75, 3.05) is 42.9 Å². The van der Waals surface area contributed by atoms with Gasteiger partial charge in [-0.15, -0.1) is 0 Å². The van der Waals surface area contributed by atoms with E-state index >= 15 is 0 Å². The number of amides is 1. The van der Waals surface area contributed by atoms with Crippen LogP contribution in [0.15, 0.2) is 66.7 Å². The summed E-state index contributed by atoms with van der Waals surface area (Å²) in [6.07, 6.45) is 0. The molecule has 0 aromatic heterocycles. The summed E-state index contributed by atoms with van der Waals surface area (Å²) in [6, 6.07) is 16.3. The molecule has 8 heteroatoms. The number of phenolic OH excluding ortho intramolecular Hbond substituents is 1. The topological polar surface area (TPSA) is 55.8 Å². The Bertz CT molecular complexity index is 1220. The van der Waals surface area contributed by atoms with Gasteiger partial charge in [0, 0.05) is 61.5 Å². The van der Waals surface area contributed by atoms with Crippen LogP contribution in [0.25, 0.3) is 0 Å². The fraction of sp³-hybridized carbons (Fsp3) is 0.321. The van der Waals surface area contributed by atoms with Gasteiger partial charge in [-0.1, -0.05) is 12.1 Å². The van der Waals surface area contributed by atoms with Crippen molar-refractivity contribution in [2.24, 2.45) is 11.3 Å². The third kappa shape index (κ3) is 4.72. The first kappa shape index (κ1) is 24.0. The number of likely N-dealkylation sites (tertiary alicyclic amines) is 1. The maximum Gasteiger partial charge on any atom is 0.229 e. The second-order valence-corrected chi connectivity index (χ2v) is 9.96. The lowest BCUT2D eigenvalue weighted by atomic mass is 9.71. The molecule has 0 aliphatic carbocycles. The lowest BCUT2D eigenvalue weighted by Gasteiger charge is -2.52. The minimum Gasteiger partial charge on any atom is -0.508 e. The predicted molar refractivity (Wildman–Crippen MR) is 132 cm³/mol. The van der Waals surface area contributed by atoms with Crippen molar-refractivity contribution in [3.8, 4) is 5.75 Å². The SMILES string of the molecule is C[C@H](C(=O)N1CC(CNc2ccc(F)cc2)C2(C1)CN(c1cc(F)cc(F)c1)C2)c1ccc(O)cc1. The van der Waals surface area contributed by atoms with Crippen molar-refractivity contribution in [3.63, 3.8) is 0 Å². The van der Waals surface area contributed by atoms with Crippen LogP contribution in [-0.4, -0.2) is 48.6 Å². The zero-order chi connectivity index (χ0) is 25.4. The molecule has 1 amide bonds. The van der Waals surface area contributed by atoms with Crippen molar-refractivity contribution in [2.45, 2.75) is 12.8 Å². The summed E-state index contributed by atoms with van der Waals surface area (Å²) >= 11 is 0. The maximum atomic E-state index is 13.8. The summed E-state index contributed by atoms with van der Waals surface area (Å²) in [7, 11) is 0. The van der Waals surface area contributed by atoms with Crippen LogP contribution in [0.1, 0.15) is 18.4 Å². The molecule has 3 aromatic carbocycles. The van der Waals surface area contributed by atoms with E-state index in [0.29, 0.717) is 38.4 Å². The van der Waals surface area contributed by atoms with Crippen LogP contribution in [0.2, 0.25) is 0 Å². The minimum atomic E-state index is -0.619. The highest BCUT2D eigenvalue weighted by atomic mass is 19.1. The number of rotatable bonds is 6. The van der Waals surface area contributed by atoms with E-state index in [4.69, 9.17) is 0 Å². The quantitative estimate of drug-likeness (QED) is 0.506. The molecule has 1 unspecified atom stereocenters. The van der Waals surface area contributed by atoms with Crippen molar-refractivity contribution in [1.29, 1.82) is 0 Å². The number of hydrogen-bond acceptors (Lipinski definition) is 4. The molecule has 0 saturated carbocycles. The van der Waals surface area contributed by atoms with Crippen molar-refractivity contribution in [1.82, 2.24) is 4.90 Å². The summed E-state index contributed by atoms with van der Waals surface area (Å²) in [5.74, 6) is -1.69. The largest absolute Gasteiger partial charge is 0.508 e. The van der Waals surface area contributed by atoms with Crippen LogP contribution >= 0.6 is 0 Å². The Morgan fingerprint density at radius 1 is 0.972 bits per heavy atom. The smallest absolute Gasteiger partial charge is 0.229 e. The van der Waals surface area contributed by atoms with Crippen molar-refractivity contribution in [3.05, 3.63) is 89.7 Å². The molecular weight excluding hydrogens is 467 g/mol. The van der Waals surface area contributed by atoms with Gasteiger partial charge in [0.2, 0.25) is 5.91 Å². The lowest BCUT2D eigenvalue weighted by molar-refractivity contribution is -0.131. The predicted octanol–water partition coefficient (Wildman–Crippen LogP) is 4.99. The summed E-state index contributed by atoms with van der Waals surface area (Å²) in [6.45, 7) is 4.66. The van der Waals surface area contributed by atoms with E-state index < -0.39 is 11.6 Å². The van der Waals surface area contributed by atoms with E-state index in [2.05, 4.69) is 5.32 Å². The molecule has 2 saturated heterocycles. The van der Waals surface area contributed by atoms with Crippen LogP contribution in [0.4, 0.5) is 24.5 Å². The van der Waals surface area contributed by atoms with Gasteiger partial charge in [0.05, 0.1) is 5.92 Å². The second kappa shape index (κ2) is 9.41. The number of carbonyl (C=O) groups is 1. The molecule has 2 aliphatic rings. The van der Waals surface area contributed by atoms with E-state index in [1.807, 2.05) is 16.7 Å². The van der Waals surface area contributed by atoms with E-state index in [0.717, 1.165) is 17.3 Å². The molecule has 5 nitrogen and oxygen atoms in total. The average molecular weight is 496 g/mol. The van der Waals surface area contributed by atoms with Crippen LogP contribution in [0.5, 0.6) is 5.75 Å². The first-order valence-electron chi connectivity index (χ1n) is 12.0. The highest BCUT2D eigenvalue weighted by Crippen LogP contribution is 2.46. The van der Waals surface area contributed by atoms with Gasteiger partial charge >= 0.3 is 0 Å². The Morgan fingerprint density at radius 3 is 2.25 bits per heavy atom. The van der Waals surface area contributed by atoms with E-state index in [9.17, 15) is 23.1 Å². The van der Waals surface area contributed by atoms with Gasteiger partial charge in [-0.2, -0.15) is 0 Å². The van der Waals surface area contributed by atoms with Gasteiger partial charge in [-0.3, -0.25) is 4.79 Å². The molecular formula is C28H28F3N3O2. The van der Waals surface area contributed by atoms with Gasteiger partial charge in [0.1, 0.15) is 23.2 Å². The maximum absolute atomic E-state index is 13.8. The fourth-order valence-electron chi connectivity index (χ4n) is 5.45. The fourth-order valence-corrected chi connectivity index (χ4v) is 5.45. The Labute approximate surface area is 208 Å². The second-order valence-electron chi connectivity index (χ2n) is 9.96. The molecule has 2 atom stereocenters. The van der Waals surface area contributed by atoms with Crippen LogP contribution in [0, 0.1) is 28.8 Å². The Balaban J connectivity index is 1.33. The number of benzene rings is 3. The number of phenols is 1. The average Bonchev–Trinajstić information content (AvgIpc) is 3.21. The van der Waals surface area contributed by atoms with Crippen LogP contribution in [0.3, 0.4) is 0 Å². The zero-order valence-corrected chi connectivity index (χ0v) is 19.9. The van der Waals surface area contributed by atoms with Gasteiger partial charge in [0.25, 0.3) is 0 Å². The standard InChI is InChI=1S/C28H28F3N3O2/c1-18(19-2-8-26(35)9-3-19)27(36)33-14-20(13-32-24-6-4-21(29)5-7-24)28(15-33)16-34(17-28)25-11-22(30)10-23(31)12-25/h2-12,18,20,32,35H,13-17H2,1H3/t18-,20?/m0/s1. The molecule has 2 N–H and O–H groups in total. The number of halogens is 3. The first-order chi connectivity index (χ1) is 17.2. The number of nitrogens with zero attached hydrogens (tertiary/aromatic N) is 2. The molecule has 0 radical (unpaired) electrons. The number of nitrogens with one attached hydrogen (secondary N) is 1. The Hall–Kier alpha value is -3.68. The third-order valence-electron chi connectivity index (χ3n) is 7.51. The van der Waals surface area contributed by atoms with Gasteiger partial charge in [0.15, 0.2) is 0 Å². The molecule has 3 aromatic rings. The molecule has 5 rings (SSSR count). The number of carbonyl (C=O) groups excluding carboxylic acids is 1. The molecule has 2 heterocycles. The molecule has 2 fully saturated rings. The normalized spacial score (nSPS) is 19.3. The van der Waals surface area contributed by atoms with Crippen molar-refractivity contribution < 1.29 is 23.1 Å². The number of hydrogen-bond donors (Lipinski definition) is 2. The van der Waals surface area contributed by atoms with Crippen LogP contribution < -0.4 is 10.2 Å². The summed E-state index contributed by atoms with van der Waals surface area (Å²) in [5, 5.41) is 12.9. The molecule has 2 aliphatic heterocycles. The highest BCUT2D eigenvalue weighted by molar-refractivity contribution is 5.84. The number of aromatic hydroxyl groups is 1. The third-order valence-corrected chi connectivity index (χ3v) is 7.51. The lowest BCUT2D eigenvalue weighted by Crippen LogP contribution is -2.61. The first-order valence-corrected chi connectivity index (χ1v) is 12.0. The molecule has 36 heavy (non-hydrogen) atoms. The minimum absolute atomic E-state index is 0.000373. The monoisotopic (exact) mass is 495 g/mol. The van der Waals surface area contributed by atoms with E-state index in [1.165, 1.54) is 24.3 Å². The molecule has 0 bridgehead atoms. The van der Waals surface area contributed by atoms with Crippen LogP contribution in [-0.2, 0) is 4.79 Å². The van der Waals surface area contributed by atoms with Gasteiger partial charge < -0.3 is 20.2 Å². The van der Waals surface area contributed by atoms with E-state index in [-0.39, 0.29) is 34.7 Å². The van der Waals surface area contributed by atoms with Crippen molar-refractivity contribution >= 4 is 17.3 Å².